The fourth-order valence-corrected chi connectivity index (χ4v) is 3.00. The van der Waals surface area contributed by atoms with Crippen molar-refractivity contribution in [1.29, 1.82) is 0 Å². The van der Waals surface area contributed by atoms with E-state index in [1.807, 2.05) is 25.1 Å². The minimum absolute atomic E-state index is 0.0384. The molecule has 5 heteroatoms. The molecule has 0 saturated carbocycles. The van der Waals surface area contributed by atoms with E-state index in [0.29, 0.717) is 5.69 Å². The zero-order valence-corrected chi connectivity index (χ0v) is 12.8. The molecule has 110 valence electrons. The van der Waals surface area contributed by atoms with E-state index in [4.69, 9.17) is 0 Å². The number of hydrogen-bond acceptors (Lipinski definition) is 3. The number of benzene rings is 2. The number of rotatable bonds is 4. The molecule has 0 fully saturated rings. The predicted octanol–water partition coefficient (Wildman–Crippen LogP) is 2.90. The van der Waals surface area contributed by atoms with Gasteiger partial charge in [0.2, 0.25) is 0 Å². The largest absolute Gasteiger partial charge is 0.322 e. The van der Waals surface area contributed by atoms with Crippen LogP contribution in [0.1, 0.15) is 22.8 Å². The Morgan fingerprint density at radius 2 is 1.67 bits per heavy atom. The Morgan fingerprint density at radius 3 is 2.33 bits per heavy atom. The number of carbonyl (C=O) groups is 1. The highest BCUT2D eigenvalue weighted by Crippen LogP contribution is 2.20. The Labute approximate surface area is 124 Å². The fourth-order valence-electron chi connectivity index (χ4n) is 2.12. The molecule has 0 unspecified atom stereocenters. The summed E-state index contributed by atoms with van der Waals surface area (Å²) in [5, 5.41) is 2.79. The van der Waals surface area contributed by atoms with E-state index in [1.54, 1.807) is 18.2 Å². The van der Waals surface area contributed by atoms with Gasteiger partial charge in [-0.05, 0) is 30.2 Å². The van der Waals surface area contributed by atoms with Gasteiger partial charge in [-0.3, -0.25) is 4.79 Å². The number of sulfone groups is 1. The normalized spacial score (nSPS) is 11.1. The van der Waals surface area contributed by atoms with Crippen molar-refractivity contribution in [3.05, 3.63) is 59.7 Å². The summed E-state index contributed by atoms with van der Waals surface area (Å²) in [6.07, 6.45) is 1.88. The minimum atomic E-state index is -3.45. The van der Waals surface area contributed by atoms with Crippen LogP contribution in [-0.2, 0) is 16.3 Å². The van der Waals surface area contributed by atoms with E-state index in [0.717, 1.165) is 18.2 Å². The van der Waals surface area contributed by atoms with Crippen LogP contribution in [0.25, 0.3) is 0 Å². The molecular formula is C16H17NO3S. The van der Waals surface area contributed by atoms with E-state index in [1.165, 1.54) is 12.1 Å². The molecule has 0 aliphatic carbocycles. The van der Waals surface area contributed by atoms with Crippen molar-refractivity contribution in [1.82, 2.24) is 0 Å². The highest BCUT2D eigenvalue weighted by Gasteiger charge is 2.18. The first-order chi connectivity index (χ1) is 9.93. The summed E-state index contributed by atoms with van der Waals surface area (Å²) in [4.78, 5) is 12.4. The van der Waals surface area contributed by atoms with Crippen molar-refractivity contribution < 1.29 is 13.2 Å². The van der Waals surface area contributed by atoms with E-state index >= 15 is 0 Å². The summed E-state index contributed by atoms with van der Waals surface area (Å²) in [7, 11) is -3.45. The number of amides is 1. The average Bonchev–Trinajstić information content (AvgIpc) is 2.47. The summed E-state index contributed by atoms with van der Waals surface area (Å²) in [6, 6.07) is 13.7. The van der Waals surface area contributed by atoms with E-state index in [2.05, 4.69) is 5.32 Å². The summed E-state index contributed by atoms with van der Waals surface area (Å²) in [5.74, 6) is -0.420. The van der Waals surface area contributed by atoms with Crippen LogP contribution in [-0.4, -0.2) is 20.6 Å². The van der Waals surface area contributed by atoms with Gasteiger partial charge in [0.1, 0.15) is 0 Å². The molecule has 1 amide bonds. The van der Waals surface area contributed by atoms with Crippen molar-refractivity contribution in [2.24, 2.45) is 0 Å². The molecule has 21 heavy (non-hydrogen) atoms. The van der Waals surface area contributed by atoms with Gasteiger partial charge in [0.05, 0.1) is 10.5 Å². The smallest absolute Gasteiger partial charge is 0.256 e. The first kappa shape index (κ1) is 15.3. The number of carbonyl (C=O) groups excluding carboxylic acids is 1. The summed E-state index contributed by atoms with van der Waals surface area (Å²) < 4.78 is 23.5. The molecule has 2 aromatic rings. The summed E-state index contributed by atoms with van der Waals surface area (Å²) in [6.45, 7) is 2.00. The highest BCUT2D eigenvalue weighted by atomic mass is 32.2. The SMILES string of the molecule is CCc1ccccc1NC(=O)c1ccccc1S(C)(=O)=O. The molecule has 1 N–H and O–H groups in total. The molecule has 0 aliphatic heterocycles. The lowest BCUT2D eigenvalue weighted by atomic mass is 10.1. The van der Waals surface area contributed by atoms with Gasteiger partial charge in [-0.1, -0.05) is 37.3 Å². The molecule has 2 aromatic carbocycles. The zero-order chi connectivity index (χ0) is 15.5. The predicted molar refractivity (Wildman–Crippen MR) is 83.3 cm³/mol. The van der Waals surface area contributed by atoms with Crippen LogP contribution >= 0.6 is 0 Å². The van der Waals surface area contributed by atoms with Gasteiger partial charge < -0.3 is 5.32 Å². The third-order valence-electron chi connectivity index (χ3n) is 3.18. The quantitative estimate of drug-likeness (QED) is 0.944. The van der Waals surface area contributed by atoms with E-state index in [9.17, 15) is 13.2 Å². The van der Waals surface area contributed by atoms with Gasteiger partial charge in [-0.15, -0.1) is 0 Å². The number of anilines is 1. The molecule has 0 radical (unpaired) electrons. The van der Waals surface area contributed by atoms with Gasteiger partial charge in [0, 0.05) is 11.9 Å². The van der Waals surface area contributed by atoms with Gasteiger partial charge in [-0.2, -0.15) is 0 Å². The summed E-state index contributed by atoms with van der Waals surface area (Å²) in [5.41, 5.74) is 1.86. The second-order valence-corrected chi connectivity index (χ2v) is 6.72. The summed E-state index contributed by atoms with van der Waals surface area (Å²) >= 11 is 0. The standard InChI is InChI=1S/C16H17NO3S/c1-3-12-8-4-6-10-14(12)17-16(18)13-9-5-7-11-15(13)21(2,19)20/h4-11H,3H2,1-2H3,(H,17,18). The molecule has 4 nitrogen and oxygen atoms in total. The van der Waals surface area contributed by atoms with Gasteiger partial charge in [0.15, 0.2) is 9.84 Å². The number of para-hydroxylation sites is 1. The lowest BCUT2D eigenvalue weighted by Crippen LogP contribution is -2.16. The zero-order valence-electron chi connectivity index (χ0n) is 12.0. The third-order valence-corrected chi connectivity index (χ3v) is 4.33. The number of nitrogens with one attached hydrogen (secondary N) is 1. The molecule has 0 heterocycles. The maximum atomic E-state index is 12.4. The maximum absolute atomic E-state index is 12.4. The molecule has 0 aliphatic rings. The third kappa shape index (κ3) is 3.49. The Hall–Kier alpha value is -2.14. The highest BCUT2D eigenvalue weighted by molar-refractivity contribution is 7.90. The average molecular weight is 303 g/mol. The maximum Gasteiger partial charge on any atom is 0.256 e. The Bertz CT molecular complexity index is 767. The first-order valence-electron chi connectivity index (χ1n) is 6.62. The number of aryl methyl sites for hydroxylation is 1. The second kappa shape index (κ2) is 6.10. The molecule has 2 rings (SSSR count). The molecule has 0 atom stereocenters. The van der Waals surface area contributed by atoms with Gasteiger partial charge in [-0.25, -0.2) is 8.42 Å². The van der Waals surface area contributed by atoms with Gasteiger partial charge in [0.25, 0.3) is 5.91 Å². The van der Waals surface area contributed by atoms with Crippen LogP contribution in [0.15, 0.2) is 53.4 Å². The molecular weight excluding hydrogens is 286 g/mol. The van der Waals surface area contributed by atoms with Crippen molar-refractivity contribution in [3.63, 3.8) is 0 Å². The second-order valence-electron chi connectivity index (χ2n) is 4.73. The first-order valence-corrected chi connectivity index (χ1v) is 8.51. The Morgan fingerprint density at radius 1 is 1.05 bits per heavy atom. The molecule has 0 spiro atoms. The molecule has 0 bridgehead atoms. The van der Waals surface area contributed by atoms with Crippen LogP contribution in [0.3, 0.4) is 0 Å². The Kier molecular flexibility index (Phi) is 4.43. The topological polar surface area (TPSA) is 63.2 Å². The van der Waals surface area contributed by atoms with Crippen LogP contribution in [0.2, 0.25) is 0 Å². The van der Waals surface area contributed by atoms with E-state index < -0.39 is 15.7 Å². The van der Waals surface area contributed by atoms with Crippen molar-refractivity contribution >= 4 is 21.4 Å². The van der Waals surface area contributed by atoms with Crippen LogP contribution < -0.4 is 5.32 Å². The van der Waals surface area contributed by atoms with E-state index in [-0.39, 0.29) is 10.5 Å². The minimum Gasteiger partial charge on any atom is -0.322 e. The van der Waals surface area contributed by atoms with Crippen LogP contribution in [0, 0.1) is 0 Å². The lowest BCUT2D eigenvalue weighted by Gasteiger charge is -2.11. The number of hydrogen-bond donors (Lipinski definition) is 1. The lowest BCUT2D eigenvalue weighted by molar-refractivity contribution is 0.102. The van der Waals surface area contributed by atoms with Crippen LogP contribution in [0.4, 0.5) is 5.69 Å². The van der Waals surface area contributed by atoms with Crippen molar-refractivity contribution in [3.8, 4) is 0 Å². The fraction of sp³-hybridized carbons (Fsp3) is 0.188. The Balaban J connectivity index is 2.38. The molecule has 0 aromatic heterocycles. The van der Waals surface area contributed by atoms with Crippen LogP contribution in [0.5, 0.6) is 0 Å². The van der Waals surface area contributed by atoms with Crippen molar-refractivity contribution in [2.75, 3.05) is 11.6 Å². The van der Waals surface area contributed by atoms with Gasteiger partial charge >= 0.3 is 0 Å². The monoisotopic (exact) mass is 303 g/mol. The van der Waals surface area contributed by atoms with Crippen molar-refractivity contribution in [2.45, 2.75) is 18.2 Å². The molecule has 0 saturated heterocycles.